The van der Waals surface area contributed by atoms with Crippen molar-refractivity contribution < 1.29 is 19.1 Å². The molecule has 0 heterocycles. The third-order valence-corrected chi connectivity index (χ3v) is 3.10. The van der Waals surface area contributed by atoms with Gasteiger partial charge in [0.05, 0.1) is 0 Å². The van der Waals surface area contributed by atoms with E-state index in [4.69, 9.17) is 4.74 Å². The molecule has 0 aliphatic carbocycles. The Morgan fingerprint density at radius 2 is 1.68 bits per heavy atom. The largest absolute Gasteiger partial charge is 0.454 e. The molecule has 0 aromatic heterocycles. The fraction of sp³-hybridized carbons (Fsp3) is 0.500. The Kier molecular flexibility index (Phi) is 7.42. The summed E-state index contributed by atoms with van der Waals surface area (Å²) in [4.78, 5) is 36.0. The van der Waals surface area contributed by atoms with Crippen LogP contribution in [0.3, 0.4) is 0 Å². The number of nitrogens with one attached hydrogen (secondary N) is 3. The highest BCUT2D eigenvalue weighted by Gasteiger charge is 2.26. The zero-order valence-corrected chi connectivity index (χ0v) is 15.4. The fourth-order valence-corrected chi connectivity index (χ4v) is 2.01. The Morgan fingerprint density at radius 1 is 1.08 bits per heavy atom. The van der Waals surface area contributed by atoms with Crippen LogP contribution in [0.2, 0.25) is 0 Å². The van der Waals surface area contributed by atoms with E-state index in [2.05, 4.69) is 16.0 Å². The highest BCUT2D eigenvalue weighted by molar-refractivity contribution is 5.93. The minimum Gasteiger partial charge on any atom is -0.454 e. The van der Waals surface area contributed by atoms with Gasteiger partial charge in [-0.05, 0) is 38.8 Å². The van der Waals surface area contributed by atoms with E-state index in [0.717, 1.165) is 0 Å². The molecule has 7 heteroatoms. The topological polar surface area (TPSA) is 96.5 Å². The van der Waals surface area contributed by atoms with Gasteiger partial charge in [-0.2, -0.15) is 0 Å². The number of para-hydroxylation sites is 1. The zero-order valence-electron chi connectivity index (χ0n) is 15.4. The standard InChI is InChI=1S/C18H27N3O4/c1-12(2)15(16(23)25-11-14(22)21-18(3,4)5)20-17(24)19-13-9-7-6-8-10-13/h6-10,12,15H,11H2,1-5H3,(H,21,22)(H2,19,20,24)/t15-/m1/s1. The van der Waals surface area contributed by atoms with Gasteiger partial charge in [0, 0.05) is 11.2 Å². The van der Waals surface area contributed by atoms with E-state index >= 15 is 0 Å². The first kappa shape index (κ1) is 20.5. The zero-order chi connectivity index (χ0) is 19.0. The molecule has 138 valence electrons. The Balaban J connectivity index is 2.56. The average Bonchev–Trinajstić information content (AvgIpc) is 2.49. The van der Waals surface area contributed by atoms with Crippen molar-refractivity contribution in [3.8, 4) is 0 Å². The van der Waals surface area contributed by atoms with Crippen LogP contribution in [0.1, 0.15) is 34.6 Å². The van der Waals surface area contributed by atoms with Gasteiger partial charge in [-0.1, -0.05) is 32.0 Å². The first-order valence-electron chi connectivity index (χ1n) is 8.18. The molecular weight excluding hydrogens is 322 g/mol. The monoisotopic (exact) mass is 349 g/mol. The van der Waals surface area contributed by atoms with Crippen LogP contribution in [-0.2, 0) is 14.3 Å². The summed E-state index contributed by atoms with van der Waals surface area (Å²) in [6.45, 7) is 8.67. The number of carbonyl (C=O) groups excluding carboxylic acids is 3. The summed E-state index contributed by atoms with van der Waals surface area (Å²) in [5.41, 5.74) is 0.204. The minimum atomic E-state index is -0.855. The molecule has 1 atom stereocenters. The number of esters is 1. The summed E-state index contributed by atoms with van der Waals surface area (Å²) in [5.74, 6) is -1.24. The summed E-state index contributed by atoms with van der Waals surface area (Å²) in [6.07, 6.45) is 0. The van der Waals surface area contributed by atoms with Crippen molar-refractivity contribution in [1.29, 1.82) is 0 Å². The second-order valence-corrected chi connectivity index (χ2v) is 7.09. The lowest BCUT2D eigenvalue weighted by molar-refractivity contribution is -0.151. The number of ether oxygens (including phenoxy) is 1. The number of carbonyl (C=O) groups is 3. The molecule has 0 saturated heterocycles. The van der Waals surface area contributed by atoms with Crippen molar-refractivity contribution in [1.82, 2.24) is 10.6 Å². The minimum absolute atomic E-state index is 0.195. The van der Waals surface area contributed by atoms with Gasteiger partial charge in [-0.3, -0.25) is 4.79 Å². The van der Waals surface area contributed by atoms with Crippen molar-refractivity contribution in [3.05, 3.63) is 30.3 Å². The fourth-order valence-electron chi connectivity index (χ4n) is 2.01. The maximum Gasteiger partial charge on any atom is 0.329 e. The van der Waals surface area contributed by atoms with E-state index in [9.17, 15) is 14.4 Å². The summed E-state index contributed by atoms with van der Waals surface area (Å²) < 4.78 is 5.03. The van der Waals surface area contributed by atoms with E-state index in [1.807, 2.05) is 26.8 Å². The predicted molar refractivity (Wildman–Crippen MR) is 96.1 cm³/mol. The summed E-state index contributed by atoms with van der Waals surface area (Å²) in [5, 5.41) is 7.92. The molecule has 1 rings (SSSR count). The highest BCUT2D eigenvalue weighted by atomic mass is 16.5. The molecule has 0 bridgehead atoms. The van der Waals surface area contributed by atoms with Crippen LogP contribution in [-0.4, -0.2) is 36.1 Å². The quantitative estimate of drug-likeness (QED) is 0.687. The van der Waals surface area contributed by atoms with Gasteiger partial charge in [0.2, 0.25) is 0 Å². The molecule has 0 aliphatic heterocycles. The third-order valence-electron chi connectivity index (χ3n) is 3.10. The SMILES string of the molecule is CC(C)[C@@H](NC(=O)Nc1ccccc1)C(=O)OCC(=O)NC(C)(C)C. The molecular formula is C18H27N3O4. The Hall–Kier alpha value is -2.57. The van der Waals surface area contributed by atoms with Crippen molar-refractivity contribution in [3.63, 3.8) is 0 Å². The smallest absolute Gasteiger partial charge is 0.329 e. The van der Waals surface area contributed by atoms with Crippen molar-refractivity contribution >= 4 is 23.6 Å². The summed E-state index contributed by atoms with van der Waals surface area (Å²) in [6, 6.07) is 7.51. The lowest BCUT2D eigenvalue weighted by Gasteiger charge is -2.23. The number of amides is 3. The molecule has 0 radical (unpaired) electrons. The van der Waals surface area contributed by atoms with E-state index < -0.39 is 29.5 Å². The summed E-state index contributed by atoms with van der Waals surface area (Å²) in [7, 11) is 0. The second kappa shape index (κ2) is 9.05. The molecule has 0 spiro atoms. The maximum absolute atomic E-state index is 12.2. The first-order valence-corrected chi connectivity index (χ1v) is 8.18. The Labute approximate surface area is 148 Å². The highest BCUT2D eigenvalue weighted by Crippen LogP contribution is 2.08. The molecule has 1 aromatic carbocycles. The van der Waals surface area contributed by atoms with Gasteiger partial charge >= 0.3 is 12.0 Å². The van der Waals surface area contributed by atoms with E-state index in [0.29, 0.717) is 5.69 Å². The molecule has 0 aliphatic rings. The van der Waals surface area contributed by atoms with E-state index in [1.54, 1.807) is 38.1 Å². The van der Waals surface area contributed by atoms with Crippen LogP contribution in [0.5, 0.6) is 0 Å². The number of hydrogen-bond acceptors (Lipinski definition) is 4. The first-order chi connectivity index (χ1) is 11.6. The van der Waals surface area contributed by atoms with Crippen molar-refractivity contribution in [2.75, 3.05) is 11.9 Å². The molecule has 0 saturated carbocycles. The number of benzene rings is 1. The number of hydrogen-bond donors (Lipinski definition) is 3. The van der Waals surface area contributed by atoms with Crippen LogP contribution in [0.25, 0.3) is 0 Å². The number of anilines is 1. The van der Waals surface area contributed by atoms with Gasteiger partial charge in [0.1, 0.15) is 6.04 Å². The van der Waals surface area contributed by atoms with Gasteiger partial charge < -0.3 is 20.7 Å². The van der Waals surface area contributed by atoms with E-state index in [1.165, 1.54) is 0 Å². The predicted octanol–water partition coefficient (Wildman–Crippen LogP) is 2.29. The Morgan fingerprint density at radius 3 is 2.20 bits per heavy atom. The molecule has 3 N–H and O–H groups in total. The van der Waals surface area contributed by atoms with Crippen molar-refractivity contribution in [2.24, 2.45) is 5.92 Å². The molecule has 3 amide bonds. The van der Waals surface area contributed by atoms with Crippen LogP contribution < -0.4 is 16.0 Å². The lowest BCUT2D eigenvalue weighted by Crippen LogP contribution is -2.48. The van der Waals surface area contributed by atoms with Gasteiger partial charge in [0.25, 0.3) is 5.91 Å². The van der Waals surface area contributed by atoms with Gasteiger partial charge in [-0.15, -0.1) is 0 Å². The molecule has 1 aromatic rings. The van der Waals surface area contributed by atoms with Gasteiger partial charge in [-0.25, -0.2) is 9.59 Å². The third kappa shape index (κ3) is 8.19. The summed E-state index contributed by atoms with van der Waals surface area (Å²) >= 11 is 0. The van der Waals surface area contributed by atoms with Crippen LogP contribution in [0, 0.1) is 5.92 Å². The second-order valence-electron chi connectivity index (χ2n) is 7.09. The number of urea groups is 1. The molecule has 7 nitrogen and oxygen atoms in total. The average molecular weight is 349 g/mol. The number of rotatable bonds is 6. The van der Waals surface area contributed by atoms with Crippen LogP contribution >= 0.6 is 0 Å². The van der Waals surface area contributed by atoms with E-state index in [-0.39, 0.29) is 12.5 Å². The normalized spacial score (nSPS) is 12.2. The van der Waals surface area contributed by atoms with Gasteiger partial charge in [0.15, 0.2) is 6.61 Å². The van der Waals surface area contributed by atoms with Crippen LogP contribution in [0.15, 0.2) is 30.3 Å². The lowest BCUT2D eigenvalue weighted by atomic mass is 10.1. The van der Waals surface area contributed by atoms with Crippen LogP contribution in [0.4, 0.5) is 10.5 Å². The Bertz CT molecular complexity index is 594. The molecule has 0 fully saturated rings. The van der Waals surface area contributed by atoms with Crippen molar-refractivity contribution in [2.45, 2.75) is 46.2 Å². The molecule has 25 heavy (non-hydrogen) atoms. The maximum atomic E-state index is 12.2. The molecule has 0 unspecified atom stereocenters.